The number of benzene rings is 1. The van der Waals surface area contributed by atoms with E-state index in [4.69, 9.17) is 5.73 Å². The molecule has 1 heterocycles. The average Bonchev–Trinajstić information content (AvgIpc) is 2.74. The quantitative estimate of drug-likeness (QED) is 0.760. The van der Waals surface area contributed by atoms with Crippen LogP contribution in [0, 0.1) is 0 Å². The van der Waals surface area contributed by atoms with Crippen LogP contribution >= 0.6 is 0 Å². The van der Waals surface area contributed by atoms with E-state index >= 15 is 0 Å². The van der Waals surface area contributed by atoms with Crippen molar-refractivity contribution in [3.05, 3.63) is 23.8 Å². The molecule has 0 aliphatic carbocycles. The number of carbonyl (C=O) groups is 1. The molecule has 3 N–H and O–H groups in total. The number of hydrogen-bond donors (Lipinski definition) is 2. The summed E-state index contributed by atoms with van der Waals surface area (Å²) in [7, 11) is 5.32. The third kappa shape index (κ3) is 2.79. The Hall–Kier alpha value is -2.64. The van der Waals surface area contributed by atoms with Gasteiger partial charge in [-0.3, -0.25) is 10.1 Å². The highest BCUT2D eigenvalue weighted by atomic mass is 16.1. The number of nitrogen functional groups attached to an aromatic ring is 1. The molecule has 0 spiro atoms. The van der Waals surface area contributed by atoms with Crippen molar-refractivity contribution in [1.82, 2.24) is 20.2 Å². The average molecular weight is 261 g/mol. The number of anilines is 3. The first kappa shape index (κ1) is 12.8. The topological polar surface area (TPSA) is 102 Å². The Morgan fingerprint density at radius 3 is 2.74 bits per heavy atom. The van der Waals surface area contributed by atoms with E-state index in [2.05, 4.69) is 20.7 Å². The highest BCUT2D eigenvalue weighted by Gasteiger charge is 2.15. The molecule has 2 rings (SSSR count). The minimum atomic E-state index is -0.330. The van der Waals surface area contributed by atoms with E-state index in [0.29, 0.717) is 11.3 Å². The number of aryl methyl sites for hydroxylation is 1. The highest BCUT2D eigenvalue weighted by molar-refractivity contribution is 6.07. The van der Waals surface area contributed by atoms with E-state index in [1.165, 1.54) is 4.80 Å². The normalized spacial score (nSPS) is 10.3. The molecule has 2 aromatic rings. The smallest absolute Gasteiger partial charge is 0.270 e. The largest absolute Gasteiger partial charge is 0.399 e. The van der Waals surface area contributed by atoms with Gasteiger partial charge in [0.1, 0.15) is 0 Å². The van der Waals surface area contributed by atoms with Gasteiger partial charge in [0, 0.05) is 25.5 Å². The van der Waals surface area contributed by atoms with Crippen LogP contribution in [-0.4, -0.2) is 40.2 Å². The van der Waals surface area contributed by atoms with Gasteiger partial charge in [0.15, 0.2) is 0 Å². The maximum Gasteiger partial charge on any atom is 0.270 e. The summed E-state index contributed by atoms with van der Waals surface area (Å²) in [5, 5.41) is 13.8. The van der Waals surface area contributed by atoms with Crippen LogP contribution in [0.1, 0.15) is 10.4 Å². The van der Waals surface area contributed by atoms with E-state index in [1.54, 1.807) is 25.2 Å². The van der Waals surface area contributed by atoms with Crippen LogP contribution in [0.25, 0.3) is 0 Å². The lowest BCUT2D eigenvalue weighted by Gasteiger charge is -2.17. The van der Waals surface area contributed by atoms with Gasteiger partial charge >= 0.3 is 0 Å². The van der Waals surface area contributed by atoms with Crippen LogP contribution in [-0.2, 0) is 7.05 Å². The van der Waals surface area contributed by atoms with Gasteiger partial charge in [0.05, 0.1) is 12.6 Å². The molecule has 0 bridgehead atoms. The fourth-order valence-electron chi connectivity index (χ4n) is 1.63. The minimum Gasteiger partial charge on any atom is -0.399 e. The van der Waals surface area contributed by atoms with E-state index in [9.17, 15) is 4.79 Å². The number of rotatable bonds is 3. The molecule has 0 radical (unpaired) electrons. The van der Waals surface area contributed by atoms with Gasteiger partial charge in [-0.2, -0.15) is 4.80 Å². The Bertz CT molecular complexity index is 605. The standard InChI is InChI=1S/C11H15N7O/c1-17(2)9-5-4-7(12)6-8(9)10(19)13-11-14-16-18(3)15-11/h4-6H,12H2,1-3H3,(H,13,15,19). The molecule has 8 heteroatoms. The number of aromatic nitrogens is 4. The van der Waals surface area contributed by atoms with Crippen LogP contribution in [0.3, 0.4) is 0 Å². The molecule has 1 aromatic heterocycles. The number of hydrogen-bond acceptors (Lipinski definition) is 6. The van der Waals surface area contributed by atoms with Crippen LogP contribution in [0.2, 0.25) is 0 Å². The van der Waals surface area contributed by atoms with Crippen molar-refractivity contribution >= 4 is 23.2 Å². The Kier molecular flexibility index (Phi) is 3.32. The molecule has 0 aliphatic heterocycles. The van der Waals surface area contributed by atoms with Gasteiger partial charge in [-0.1, -0.05) is 5.10 Å². The molecule has 0 unspecified atom stereocenters. The summed E-state index contributed by atoms with van der Waals surface area (Å²) >= 11 is 0. The predicted molar refractivity (Wildman–Crippen MR) is 71.9 cm³/mol. The summed E-state index contributed by atoms with van der Waals surface area (Å²) in [6.45, 7) is 0. The van der Waals surface area contributed by atoms with Crippen molar-refractivity contribution in [3.63, 3.8) is 0 Å². The zero-order valence-electron chi connectivity index (χ0n) is 11.0. The van der Waals surface area contributed by atoms with Crippen molar-refractivity contribution in [2.24, 2.45) is 7.05 Å². The Morgan fingerprint density at radius 2 is 2.16 bits per heavy atom. The van der Waals surface area contributed by atoms with E-state index in [0.717, 1.165) is 5.69 Å². The summed E-state index contributed by atoms with van der Waals surface area (Å²) in [5.41, 5.74) is 7.45. The van der Waals surface area contributed by atoms with Crippen molar-refractivity contribution in [3.8, 4) is 0 Å². The lowest BCUT2D eigenvalue weighted by Crippen LogP contribution is -2.19. The first-order valence-electron chi connectivity index (χ1n) is 5.59. The molecule has 100 valence electrons. The summed E-state index contributed by atoms with van der Waals surface area (Å²) in [6, 6.07) is 5.14. The molecule has 0 fully saturated rings. The van der Waals surface area contributed by atoms with Crippen molar-refractivity contribution in [2.75, 3.05) is 30.0 Å². The van der Waals surface area contributed by atoms with E-state index in [1.807, 2.05) is 19.0 Å². The maximum atomic E-state index is 12.2. The van der Waals surface area contributed by atoms with Gasteiger partial charge in [0.25, 0.3) is 11.9 Å². The second-order valence-electron chi connectivity index (χ2n) is 4.23. The van der Waals surface area contributed by atoms with Gasteiger partial charge in [-0.05, 0) is 23.4 Å². The number of tetrazole rings is 1. The number of carbonyl (C=O) groups excluding carboxylic acids is 1. The van der Waals surface area contributed by atoms with E-state index in [-0.39, 0.29) is 11.9 Å². The second-order valence-corrected chi connectivity index (χ2v) is 4.23. The van der Waals surface area contributed by atoms with Gasteiger partial charge in [-0.25, -0.2) is 0 Å². The summed E-state index contributed by atoms with van der Waals surface area (Å²) in [6.07, 6.45) is 0. The Labute approximate surface area is 110 Å². The van der Waals surface area contributed by atoms with Crippen LogP contribution < -0.4 is 16.0 Å². The highest BCUT2D eigenvalue weighted by Crippen LogP contribution is 2.22. The predicted octanol–water partition coefficient (Wildman–Crippen LogP) is 0.111. The van der Waals surface area contributed by atoms with Crippen LogP contribution in [0.15, 0.2) is 18.2 Å². The molecule has 8 nitrogen and oxygen atoms in total. The van der Waals surface area contributed by atoms with Crippen LogP contribution in [0.4, 0.5) is 17.3 Å². The summed E-state index contributed by atoms with van der Waals surface area (Å²) in [4.78, 5) is 15.3. The first-order valence-corrected chi connectivity index (χ1v) is 5.59. The monoisotopic (exact) mass is 261 g/mol. The molecular weight excluding hydrogens is 246 g/mol. The van der Waals surface area contributed by atoms with Crippen molar-refractivity contribution in [1.29, 1.82) is 0 Å². The molecule has 0 saturated carbocycles. The number of nitrogens with one attached hydrogen (secondary N) is 1. The molecule has 19 heavy (non-hydrogen) atoms. The number of nitrogens with zero attached hydrogens (tertiary/aromatic N) is 5. The lowest BCUT2D eigenvalue weighted by molar-refractivity contribution is 0.102. The Morgan fingerprint density at radius 1 is 1.42 bits per heavy atom. The fraction of sp³-hybridized carbons (Fsp3) is 0.273. The zero-order chi connectivity index (χ0) is 14.0. The van der Waals surface area contributed by atoms with Gasteiger partial charge in [0.2, 0.25) is 0 Å². The molecular formula is C11H15N7O. The molecule has 0 aliphatic rings. The SMILES string of the molecule is CN(C)c1ccc(N)cc1C(=O)Nc1nnn(C)n1. The number of amides is 1. The van der Waals surface area contributed by atoms with Crippen LogP contribution in [0.5, 0.6) is 0 Å². The molecule has 0 saturated heterocycles. The molecule has 1 aromatic carbocycles. The summed E-state index contributed by atoms with van der Waals surface area (Å²) < 4.78 is 0. The van der Waals surface area contributed by atoms with Gasteiger partial charge in [-0.15, -0.1) is 5.10 Å². The maximum absolute atomic E-state index is 12.2. The minimum absolute atomic E-state index is 0.152. The molecule has 0 atom stereocenters. The molecule has 1 amide bonds. The third-order valence-corrected chi connectivity index (χ3v) is 2.48. The number of nitrogens with two attached hydrogens (primary N) is 1. The van der Waals surface area contributed by atoms with E-state index < -0.39 is 0 Å². The lowest BCUT2D eigenvalue weighted by atomic mass is 10.1. The third-order valence-electron chi connectivity index (χ3n) is 2.48. The fourth-order valence-corrected chi connectivity index (χ4v) is 1.63. The Balaban J connectivity index is 2.30. The van der Waals surface area contributed by atoms with Crippen molar-refractivity contribution < 1.29 is 4.79 Å². The zero-order valence-corrected chi connectivity index (χ0v) is 11.0. The van der Waals surface area contributed by atoms with Gasteiger partial charge < -0.3 is 10.6 Å². The summed E-state index contributed by atoms with van der Waals surface area (Å²) in [5.74, 6) is -0.177. The van der Waals surface area contributed by atoms with Crippen molar-refractivity contribution in [2.45, 2.75) is 0 Å². The second kappa shape index (κ2) is 4.92. The first-order chi connectivity index (χ1) is 8.97.